The molecule has 1 unspecified atom stereocenters. The first-order chi connectivity index (χ1) is 17.3. The number of urea groups is 1. The van der Waals surface area contributed by atoms with E-state index < -0.39 is 5.97 Å². The minimum atomic E-state index is -0.878. The minimum absolute atomic E-state index is 0.0411. The number of carbonyl (C=O) groups is 2. The van der Waals surface area contributed by atoms with Crippen LogP contribution in [0.1, 0.15) is 69.4 Å². The average Bonchev–Trinajstić information content (AvgIpc) is 2.84. The van der Waals surface area contributed by atoms with Crippen LogP contribution >= 0.6 is 0 Å². The highest BCUT2D eigenvalue weighted by Gasteiger charge is 2.26. The van der Waals surface area contributed by atoms with Crippen molar-refractivity contribution in [2.24, 2.45) is 5.92 Å². The Balaban J connectivity index is 1.97. The van der Waals surface area contributed by atoms with Crippen molar-refractivity contribution in [1.82, 2.24) is 0 Å². The number of amides is 2. The number of nitrogens with zero attached hydrogens (tertiary/aromatic N) is 1. The average molecular weight is 496 g/mol. The maximum absolute atomic E-state index is 13.1. The zero-order valence-electron chi connectivity index (χ0n) is 22.0. The first-order valence-corrected chi connectivity index (χ1v) is 13.0. The van der Waals surface area contributed by atoms with Crippen molar-refractivity contribution in [3.63, 3.8) is 0 Å². The Kier molecular flexibility index (Phi) is 10.2. The summed E-state index contributed by atoms with van der Waals surface area (Å²) < 4.78 is 5.32. The molecule has 2 amide bonds. The van der Waals surface area contributed by atoms with Crippen molar-refractivity contribution in [1.29, 1.82) is 0 Å². The van der Waals surface area contributed by atoms with E-state index in [1.54, 1.807) is 7.11 Å². The fourth-order valence-corrected chi connectivity index (χ4v) is 4.99. The summed E-state index contributed by atoms with van der Waals surface area (Å²) in [5, 5.41) is 15.4. The highest BCUT2D eigenvalue weighted by atomic mass is 16.5. The lowest BCUT2D eigenvalue weighted by atomic mass is 9.91. The molecule has 2 aromatic carbocycles. The van der Waals surface area contributed by atoms with E-state index in [0.717, 1.165) is 36.2 Å². The van der Waals surface area contributed by atoms with Crippen molar-refractivity contribution < 1.29 is 19.4 Å². The molecule has 1 atom stereocenters. The van der Waals surface area contributed by atoms with Gasteiger partial charge in [0.1, 0.15) is 0 Å². The third-order valence-corrected chi connectivity index (χ3v) is 6.73. The number of anilines is 3. The minimum Gasteiger partial charge on any atom is -0.481 e. The Morgan fingerprint density at radius 3 is 2.36 bits per heavy atom. The lowest BCUT2D eigenvalue weighted by Gasteiger charge is -2.38. The summed E-state index contributed by atoms with van der Waals surface area (Å²) in [6, 6.07) is 13.7. The van der Waals surface area contributed by atoms with Crippen LogP contribution in [0.2, 0.25) is 0 Å². The molecule has 196 valence electrons. The second-order valence-electron chi connectivity index (χ2n) is 10.3. The molecular weight excluding hydrogens is 454 g/mol. The van der Waals surface area contributed by atoms with Crippen LogP contribution in [0.3, 0.4) is 0 Å². The molecule has 1 saturated carbocycles. The second kappa shape index (κ2) is 13.3. The lowest BCUT2D eigenvalue weighted by Crippen LogP contribution is -2.40. The topological polar surface area (TPSA) is 90.9 Å². The highest BCUT2D eigenvalue weighted by Crippen LogP contribution is 2.36. The summed E-state index contributed by atoms with van der Waals surface area (Å²) >= 11 is 0. The SMILES string of the molecule is COCC(CC(=O)O)c1ccc(N(CC(C)C)C2CCCCC2)c(NC(=O)Nc2ccc(C)cc2)c1. The number of rotatable bonds is 11. The summed E-state index contributed by atoms with van der Waals surface area (Å²) in [6.45, 7) is 7.60. The number of hydrogen-bond acceptors (Lipinski definition) is 4. The van der Waals surface area contributed by atoms with Crippen LogP contribution in [0, 0.1) is 12.8 Å². The van der Waals surface area contributed by atoms with Gasteiger partial charge in [0, 0.05) is 31.3 Å². The van der Waals surface area contributed by atoms with E-state index in [1.165, 1.54) is 19.3 Å². The van der Waals surface area contributed by atoms with Gasteiger partial charge in [0.05, 0.1) is 24.4 Å². The van der Waals surface area contributed by atoms with Crippen LogP contribution in [-0.2, 0) is 9.53 Å². The molecule has 7 nitrogen and oxygen atoms in total. The van der Waals surface area contributed by atoms with Gasteiger partial charge in [-0.1, -0.05) is 56.9 Å². The maximum atomic E-state index is 13.1. The number of methoxy groups -OCH3 is 1. The predicted octanol–water partition coefficient (Wildman–Crippen LogP) is 6.64. The van der Waals surface area contributed by atoms with Gasteiger partial charge in [0.2, 0.25) is 0 Å². The molecule has 1 fully saturated rings. The number of nitrogens with one attached hydrogen (secondary N) is 2. The van der Waals surface area contributed by atoms with Crippen LogP contribution < -0.4 is 15.5 Å². The zero-order chi connectivity index (χ0) is 26.1. The van der Waals surface area contributed by atoms with Crippen molar-refractivity contribution in [3.05, 3.63) is 53.6 Å². The summed E-state index contributed by atoms with van der Waals surface area (Å²) in [4.78, 5) is 27.0. The van der Waals surface area contributed by atoms with Gasteiger partial charge in [-0.2, -0.15) is 0 Å². The molecule has 3 N–H and O–H groups in total. The third kappa shape index (κ3) is 7.98. The van der Waals surface area contributed by atoms with Crippen LogP contribution in [0.25, 0.3) is 0 Å². The zero-order valence-corrected chi connectivity index (χ0v) is 22.0. The summed E-state index contributed by atoms with van der Waals surface area (Å²) in [7, 11) is 1.57. The number of carboxylic acids is 1. The van der Waals surface area contributed by atoms with Gasteiger partial charge in [0.15, 0.2) is 0 Å². The first kappa shape index (κ1) is 27.5. The number of aliphatic carboxylic acids is 1. The fourth-order valence-electron chi connectivity index (χ4n) is 4.99. The van der Waals surface area contributed by atoms with E-state index in [4.69, 9.17) is 4.74 Å². The number of carbonyl (C=O) groups excluding carboxylic acids is 1. The number of hydrogen-bond donors (Lipinski definition) is 3. The number of benzene rings is 2. The molecular formula is C29H41N3O4. The summed E-state index contributed by atoms with van der Waals surface area (Å²) in [5.41, 5.74) is 4.34. The molecule has 0 heterocycles. The lowest BCUT2D eigenvalue weighted by molar-refractivity contribution is -0.137. The largest absolute Gasteiger partial charge is 0.481 e. The van der Waals surface area contributed by atoms with Crippen molar-refractivity contribution in [2.45, 2.75) is 71.3 Å². The maximum Gasteiger partial charge on any atom is 0.323 e. The second-order valence-corrected chi connectivity index (χ2v) is 10.3. The molecule has 0 bridgehead atoms. The summed E-state index contributed by atoms with van der Waals surface area (Å²) in [6.07, 6.45) is 5.91. The highest BCUT2D eigenvalue weighted by molar-refractivity contribution is 6.02. The fraction of sp³-hybridized carbons (Fsp3) is 0.517. The van der Waals surface area contributed by atoms with Crippen molar-refractivity contribution >= 4 is 29.1 Å². The summed E-state index contributed by atoms with van der Waals surface area (Å²) in [5.74, 6) is -0.735. The monoisotopic (exact) mass is 495 g/mol. The number of aryl methyl sites for hydroxylation is 1. The van der Waals surface area contributed by atoms with Crippen molar-refractivity contribution in [2.75, 3.05) is 35.8 Å². The van der Waals surface area contributed by atoms with Gasteiger partial charge in [-0.3, -0.25) is 4.79 Å². The standard InChI is InChI=1S/C29H41N3O4/c1-20(2)18-32(25-8-6-5-7-9-25)27-15-12-22(23(19-36-4)17-28(33)34)16-26(27)31-29(35)30-24-13-10-21(3)11-14-24/h10-16,20,23,25H,5-9,17-19H2,1-4H3,(H,33,34)(H2,30,31,35). The van der Waals surface area contributed by atoms with Gasteiger partial charge in [-0.15, -0.1) is 0 Å². The molecule has 0 saturated heterocycles. The molecule has 2 aromatic rings. The normalized spacial score (nSPS) is 14.9. The Morgan fingerprint density at radius 2 is 1.75 bits per heavy atom. The Hall–Kier alpha value is -3.06. The Morgan fingerprint density at radius 1 is 1.06 bits per heavy atom. The quantitative estimate of drug-likeness (QED) is 0.325. The molecule has 0 spiro atoms. The van der Waals surface area contributed by atoms with Crippen LogP contribution in [-0.4, -0.2) is 43.4 Å². The molecule has 7 heteroatoms. The van der Waals surface area contributed by atoms with E-state index in [-0.39, 0.29) is 18.4 Å². The van der Waals surface area contributed by atoms with E-state index in [1.807, 2.05) is 49.4 Å². The number of carboxylic acid groups (broad SMARTS) is 1. The third-order valence-electron chi connectivity index (χ3n) is 6.73. The molecule has 0 aliphatic heterocycles. The molecule has 3 rings (SSSR count). The smallest absolute Gasteiger partial charge is 0.323 e. The van der Waals surface area contributed by atoms with E-state index >= 15 is 0 Å². The van der Waals surface area contributed by atoms with Gasteiger partial charge in [-0.05, 0) is 55.5 Å². The van der Waals surface area contributed by atoms with Gasteiger partial charge < -0.3 is 25.4 Å². The molecule has 0 radical (unpaired) electrons. The van der Waals surface area contributed by atoms with E-state index in [0.29, 0.717) is 29.9 Å². The van der Waals surface area contributed by atoms with Crippen LogP contribution in [0.4, 0.5) is 21.9 Å². The Labute approximate surface area is 215 Å². The van der Waals surface area contributed by atoms with Gasteiger partial charge in [0.25, 0.3) is 0 Å². The molecule has 1 aliphatic rings. The number of ether oxygens (including phenoxy) is 1. The van der Waals surface area contributed by atoms with Gasteiger partial charge >= 0.3 is 12.0 Å². The van der Waals surface area contributed by atoms with Crippen molar-refractivity contribution in [3.8, 4) is 0 Å². The van der Waals surface area contributed by atoms with E-state index in [2.05, 4.69) is 29.4 Å². The predicted molar refractivity (Wildman–Crippen MR) is 146 cm³/mol. The molecule has 36 heavy (non-hydrogen) atoms. The molecule has 0 aromatic heterocycles. The van der Waals surface area contributed by atoms with Gasteiger partial charge in [-0.25, -0.2) is 4.79 Å². The van der Waals surface area contributed by atoms with Crippen LogP contribution in [0.5, 0.6) is 0 Å². The molecule has 1 aliphatic carbocycles. The van der Waals surface area contributed by atoms with Crippen LogP contribution in [0.15, 0.2) is 42.5 Å². The first-order valence-electron chi connectivity index (χ1n) is 13.0. The Bertz CT molecular complexity index is 1000. The van der Waals surface area contributed by atoms with E-state index in [9.17, 15) is 14.7 Å².